The Morgan fingerprint density at radius 1 is 1.44 bits per heavy atom. The molecule has 3 aromatic rings. The van der Waals surface area contributed by atoms with Crippen molar-refractivity contribution < 1.29 is 0 Å². The zero-order chi connectivity index (χ0) is 12.5. The predicted molar refractivity (Wildman–Crippen MR) is 72.9 cm³/mol. The van der Waals surface area contributed by atoms with Gasteiger partial charge < -0.3 is 4.57 Å². The second-order valence-corrected chi connectivity index (χ2v) is 5.41. The normalized spacial score (nSPS) is 10.7. The Balaban J connectivity index is 2.08. The van der Waals surface area contributed by atoms with Crippen molar-refractivity contribution in [3.05, 3.63) is 52.4 Å². The lowest BCUT2D eigenvalue weighted by Crippen LogP contribution is -1.93. The van der Waals surface area contributed by atoms with Gasteiger partial charge in [0, 0.05) is 27.4 Å². The van der Waals surface area contributed by atoms with Gasteiger partial charge in [0.15, 0.2) is 0 Å². The molecule has 0 unspecified atom stereocenters. The number of aromatic nitrogens is 2. The number of halogens is 1. The van der Waals surface area contributed by atoms with Gasteiger partial charge in [0.2, 0.25) is 0 Å². The molecule has 0 spiro atoms. The quantitative estimate of drug-likeness (QED) is 0.715. The van der Waals surface area contributed by atoms with Gasteiger partial charge in [0.05, 0.1) is 29.5 Å². The summed E-state index contributed by atoms with van der Waals surface area (Å²) in [7, 11) is 0. The molecule has 0 aliphatic heterocycles. The smallest absolute Gasteiger partial charge is 0.0992 e. The lowest BCUT2D eigenvalue weighted by molar-refractivity contribution is 0.810. The van der Waals surface area contributed by atoms with Gasteiger partial charge in [-0.05, 0) is 12.1 Å². The fraction of sp³-hybridized carbons (Fsp3) is 0.0769. The molecule has 0 amide bonds. The van der Waals surface area contributed by atoms with E-state index in [4.69, 9.17) is 16.9 Å². The molecule has 0 atom stereocenters. The Labute approximate surface area is 113 Å². The highest BCUT2D eigenvalue weighted by Crippen LogP contribution is 2.36. The van der Waals surface area contributed by atoms with Gasteiger partial charge in [-0.25, -0.2) is 4.98 Å². The molecule has 0 fully saturated rings. The van der Waals surface area contributed by atoms with Crippen molar-refractivity contribution in [1.29, 1.82) is 5.26 Å². The van der Waals surface area contributed by atoms with Gasteiger partial charge in [0.25, 0.3) is 0 Å². The number of thiophene rings is 1. The molecule has 0 aliphatic rings. The zero-order valence-electron chi connectivity index (χ0n) is 9.30. The van der Waals surface area contributed by atoms with Crippen LogP contribution in [0.1, 0.15) is 10.4 Å². The SMILES string of the molecule is N#Cc1ccc2c(Cl)c(Cn3ccnc3)sc2c1. The third kappa shape index (κ3) is 1.88. The maximum absolute atomic E-state index is 8.89. The van der Waals surface area contributed by atoms with Crippen LogP contribution in [-0.4, -0.2) is 9.55 Å². The van der Waals surface area contributed by atoms with Gasteiger partial charge >= 0.3 is 0 Å². The average molecular weight is 274 g/mol. The van der Waals surface area contributed by atoms with Crippen molar-refractivity contribution in [3.63, 3.8) is 0 Å². The minimum absolute atomic E-state index is 0.662. The Bertz CT molecular complexity index is 738. The van der Waals surface area contributed by atoms with Gasteiger partial charge in [0.1, 0.15) is 0 Å². The number of hydrogen-bond acceptors (Lipinski definition) is 3. The summed E-state index contributed by atoms with van der Waals surface area (Å²) >= 11 is 7.98. The van der Waals surface area contributed by atoms with Crippen LogP contribution in [0.25, 0.3) is 10.1 Å². The molecular formula is C13H8ClN3S. The van der Waals surface area contributed by atoms with Gasteiger partial charge in [-0.3, -0.25) is 0 Å². The number of nitrogens with zero attached hydrogens (tertiary/aromatic N) is 3. The Hall–Kier alpha value is -1.83. The summed E-state index contributed by atoms with van der Waals surface area (Å²) in [5.41, 5.74) is 0.662. The van der Waals surface area contributed by atoms with Crippen LogP contribution in [0.15, 0.2) is 36.9 Å². The van der Waals surface area contributed by atoms with Crippen molar-refractivity contribution in [2.24, 2.45) is 0 Å². The maximum atomic E-state index is 8.89. The Kier molecular flexibility index (Phi) is 2.78. The van der Waals surface area contributed by atoms with Crippen LogP contribution in [0.4, 0.5) is 0 Å². The van der Waals surface area contributed by atoms with E-state index >= 15 is 0 Å². The summed E-state index contributed by atoms with van der Waals surface area (Å²) in [6.45, 7) is 0.708. The largest absolute Gasteiger partial charge is 0.332 e. The van der Waals surface area contributed by atoms with E-state index in [9.17, 15) is 0 Å². The number of rotatable bonds is 2. The topological polar surface area (TPSA) is 41.6 Å². The van der Waals surface area contributed by atoms with E-state index in [1.165, 1.54) is 0 Å². The van der Waals surface area contributed by atoms with E-state index in [-0.39, 0.29) is 0 Å². The third-order valence-corrected chi connectivity index (χ3v) is 4.39. The Morgan fingerprint density at radius 3 is 3.06 bits per heavy atom. The first kappa shape index (κ1) is 11.3. The van der Waals surface area contributed by atoms with E-state index in [1.807, 2.05) is 22.9 Å². The molecule has 0 aliphatic carbocycles. The second kappa shape index (κ2) is 4.45. The van der Waals surface area contributed by atoms with E-state index in [0.717, 1.165) is 20.0 Å². The predicted octanol–water partition coefficient (Wildman–Crippen LogP) is 3.67. The van der Waals surface area contributed by atoms with Crippen LogP contribution in [-0.2, 0) is 6.54 Å². The lowest BCUT2D eigenvalue weighted by Gasteiger charge is -1.98. The summed E-state index contributed by atoms with van der Waals surface area (Å²) in [6, 6.07) is 7.72. The van der Waals surface area contributed by atoms with E-state index in [2.05, 4.69) is 11.1 Å². The van der Waals surface area contributed by atoms with Crippen molar-refractivity contribution in [3.8, 4) is 6.07 Å². The summed E-state index contributed by atoms with van der Waals surface area (Å²) < 4.78 is 3.02. The molecule has 3 rings (SSSR count). The van der Waals surface area contributed by atoms with Crippen LogP contribution in [0.2, 0.25) is 5.02 Å². The van der Waals surface area contributed by atoms with E-state index in [0.29, 0.717) is 12.1 Å². The van der Waals surface area contributed by atoms with Gasteiger partial charge in [-0.2, -0.15) is 5.26 Å². The van der Waals surface area contributed by atoms with Crippen molar-refractivity contribution in [1.82, 2.24) is 9.55 Å². The first-order chi connectivity index (χ1) is 8.78. The molecule has 0 saturated carbocycles. The molecule has 2 aromatic heterocycles. The molecule has 0 bridgehead atoms. The average Bonchev–Trinajstić information content (AvgIpc) is 2.99. The molecule has 5 heteroatoms. The van der Waals surface area contributed by atoms with E-state index < -0.39 is 0 Å². The minimum atomic E-state index is 0.662. The highest BCUT2D eigenvalue weighted by atomic mass is 35.5. The summed E-state index contributed by atoms with van der Waals surface area (Å²) in [5, 5.41) is 10.7. The highest BCUT2D eigenvalue weighted by molar-refractivity contribution is 7.19. The van der Waals surface area contributed by atoms with Crippen LogP contribution >= 0.6 is 22.9 Å². The molecule has 88 valence electrons. The minimum Gasteiger partial charge on any atom is -0.332 e. The fourth-order valence-electron chi connectivity index (χ4n) is 1.83. The Morgan fingerprint density at radius 2 is 2.33 bits per heavy atom. The monoisotopic (exact) mass is 273 g/mol. The van der Waals surface area contributed by atoms with Crippen LogP contribution in [0, 0.1) is 11.3 Å². The number of benzene rings is 1. The zero-order valence-corrected chi connectivity index (χ0v) is 10.9. The molecule has 2 heterocycles. The summed E-state index contributed by atoms with van der Waals surface area (Å²) in [6.07, 6.45) is 5.41. The highest BCUT2D eigenvalue weighted by Gasteiger charge is 2.11. The summed E-state index contributed by atoms with van der Waals surface area (Å²) in [5.74, 6) is 0. The van der Waals surface area contributed by atoms with Crippen LogP contribution in [0.3, 0.4) is 0 Å². The number of hydrogen-bond donors (Lipinski definition) is 0. The standard InChI is InChI=1S/C13H8ClN3S/c14-13-10-2-1-9(6-15)5-11(10)18-12(13)7-17-4-3-16-8-17/h1-5,8H,7H2. The second-order valence-electron chi connectivity index (χ2n) is 3.90. The van der Waals surface area contributed by atoms with Crippen molar-refractivity contribution >= 4 is 33.0 Å². The molecule has 0 saturated heterocycles. The summed E-state index contributed by atoms with van der Waals surface area (Å²) in [4.78, 5) is 5.09. The first-order valence-electron chi connectivity index (χ1n) is 5.34. The van der Waals surface area contributed by atoms with Crippen molar-refractivity contribution in [2.45, 2.75) is 6.54 Å². The van der Waals surface area contributed by atoms with Crippen LogP contribution in [0.5, 0.6) is 0 Å². The van der Waals surface area contributed by atoms with Gasteiger partial charge in [-0.15, -0.1) is 11.3 Å². The van der Waals surface area contributed by atoms with Gasteiger partial charge in [-0.1, -0.05) is 17.7 Å². The molecule has 0 radical (unpaired) electrons. The number of fused-ring (bicyclic) bond motifs is 1. The molecule has 18 heavy (non-hydrogen) atoms. The number of nitriles is 1. The number of imidazole rings is 1. The van der Waals surface area contributed by atoms with Crippen LogP contribution < -0.4 is 0 Å². The first-order valence-corrected chi connectivity index (χ1v) is 6.54. The fourth-order valence-corrected chi connectivity index (χ4v) is 3.37. The maximum Gasteiger partial charge on any atom is 0.0992 e. The molecular weight excluding hydrogens is 266 g/mol. The van der Waals surface area contributed by atoms with Crippen molar-refractivity contribution in [2.75, 3.05) is 0 Å². The molecule has 3 nitrogen and oxygen atoms in total. The molecule has 1 aromatic carbocycles. The molecule has 0 N–H and O–H groups in total. The lowest BCUT2D eigenvalue weighted by atomic mass is 10.2. The van der Waals surface area contributed by atoms with E-state index in [1.54, 1.807) is 29.9 Å². The third-order valence-electron chi connectivity index (χ3n) is 2.71.